The maximum absolute atomic E-state index is 12.0. The number of carbonyl (C=O) groups is 1. The summed E-state index contributed by atoms with van der Waals surface area (Å²) in [5.41, 5.74) is 1.57. The summed E-state index contributed by atoms with van der Waals surface area (Å²) in [4.78, 5) is 12.0. The first-order chi connectivity index (χ1) is 8.54. The van der Waals surface area contributed by atoms with Gasteiger partial charge in [0.15, 0.2) is 0 Å². The Morgan fingerprint density at radius 2 is 2.22 bits per heavy atom. The fourth-order valence-corrected chi connectivity index (χ4v) is 2.73. The van der Waals surface area contributed by atoms with Gasteiger partial charge in [0.05, 0.1) is 6.10 Å². The normalized spacial score (nSPS) is 23.1. The molecule has 2 atom stereocenters. The molecular formula is C14H18ClNO2. The number of hydrogen-bond donors (Lipinski definition) is 2. The lowest BCUT2D eigenvalue weighted by molar-refractivity contribution is 0.0945. The van der Waals surface area contributed by atoms with Crippen molar-refractivity contribution in [3.05, 3.63) is 34.3 Å². The molecule has 2 N–H and O–H groups in total. The van der Waals surface area contributed by atoms with Gasteiger partial charge in [-0.2, -0.15) is 0 Å². The molecule has 1 aliphatic rings. The molecule has 0 radical (unpaired) electrons. The molecule has 0 aromatic heterocycles. The van der Waals surface area contributed by atoms with E-state index in [1.807, 2.05) is 19.1 Å². The number of amides is 1. The quantitative estimate of drug-likeness (QED) is 0.884. The van der Waals surface area contributed by atoms with Crippen LogP contribution in [0.5, 0.6) is 0 Å². The first kappa shape index (κ1) is 13.4. The van der Waals surface area contributed by atoms with E-state index in [9.17, 15) is 9.90 Å². The van der Waals surface area contributed by atoms with Gasteiger partial charge in [-0.15, -0.1) is 0 Å². The fourth-order valence-electron chi connectivity index (χ4n) is 2.44. The van der Waals surface area contributed by atoms with Crippen LogP contribution in [0.25, 0.3) is 0 Å². The van der Waals surface area contributed by atoms with Gasteiger partial charge >= 0.3 is 0 Å². The molecule has 0 aliphatic heterocycles. The minimum atomic E-state index is -0.194. The first-order valence-electron chi connectivity index (χ1n) is 6.28. The molecule has 98 valence electrons. The van der Waals surface area contributed by atoms with Crippen LogP contribution in [0.2, 0.25) is 5.02 Å². The predicted molar refractivity (Wildman–Crippen MR) is 71.9 cm³/mol. The van der Waals surface area contributed by atoms with E-state index >= 15 is 0 Å². The third-order valence-electron chi connectivity index (χ3n) is 3.37. The van der Waals surface area contributed by atoms with E-state index < -0.39 is 0 Å². The van der Waals surface area contributed by atoms with Crippen LogP contribution in [0.3, 0.4) is 0 Å². The van der Waals surface area contributed by atoms with E-state index in [2.05, 4.69) is 5.32 Å². The van der Waals surface area contributed by atoms with E-state index in [4.69, 9.17) is 11.6 Å². The number of hydrogen-bond acceptors (Lipinski definition) is 2. The van der Waals surface area contributed by atoms with E-state index in [0.717, 1.165) is 24.8 Å². The van der Waals surface area contributed by atoms with Crippen molar-refractivity contribution in [2.45, 2.75) is 32.3 Å². The Kier molecular flexibility index (Phi) is 4.25. The molecule has 0 bridgehead atoms. The third kappa shape index (κ3) is 3.47. The molecular weight excluding hydrogens is 250 g/mol. The van der Waals surface area contributed by atoms with Gasteiger partial charge in [-0.25, -0.2) is 0 Å². The SMILES string of the molecule is Cc1cc(Cl)cc(C(=O)NCC2CCC(O)C2)c1. The molecule has 2 rings (SSSR count). The van der Waals surface area contributed by atoms with E-state index in [1.165, 1.54) is 0 Å². The van der Waals surface area contributed by atoms with Gasteiger partial charge in [0.1, 0.15) is 0 Å². The molecule has 18 heavy (non-hydrogen) atoms. The number of aryl methyl sites for hydroxylation is 1. The molecule has 2 unspecified atom stereocenters. The molecule has 1 amide bonds. The molecule has 0 heterocycles. The van der Waals surface area contributed by atoms with Crippen LogP contribution >= 0.6 is 11.6 Å². The van der Waals surface area contributed by atoms with Crippen LogP contribution in [-0.2, 0) is 0 Å². The highest BCUT2D eigenvalue weighted by molar-refractivity contribution is 6.31. The summed E-state index contributed by atoms with van der Waals surface area (Å²) in [5.74, 6) is 0.297. The first-order valence-corrected chi connectivity index (χ1v) is 6.66. The van der Waals surface area contributed by atoms with Gasteiger partial charge in [0.2, 0.25) is 0 Å². The monoisotopic (exact) mass is 267 g/mol. The zero-order valence-electron chi connectivity index (χ0n) is 10.4. The van der Waals surface area contributed by atoms with Gasteiger partial charge < -0.3 is 10.4 Å². The Morgan fingerprint density at radius 1 is 1.44 bits per heavy atom. The Morgan fingerprint density at radius 3 is 2.83 bits per heavy atom. The number of nitrogens with one attached hydrogen (secondary N) is 1. The summed E-state index contributed by atoms with van der Waals surface area (Å²) in [7, 11) is 0. The highest BCUT2D eigenvalue weighted by Crippen LogP contribution is 2.24. The minimum Gasteiger partial charge on any atom is -0.393 e. The summed E-state index contributed by atoms with van der Waals surface area (Å²) >= 11 is 5.93. The van der Waals surface area contributed by atoms with Crippen LogP contribution in [0, 0.1) is 12.8 Å². The Bertz CT molecular complexity index is 427. The lowest BCUT2D eigenvalue weighted by atomic mass is 10.1. The van der Waals surface area contributed by atoms with Crippen molar-refractivity contribution in [1.82, 2.24) is 5.32 Å². The maximum atomic E-state index is 12.0. The molecule has 1 saturated carbocycles. The van der Waals surface area contributed by atoms with E-state index in [1.54, 1.807) is 6.07 Å². The van der Waals surface area contributed by atoms with Crippen molar-refractivity contribution in [3.8, 4) is 0 Å². The Labute approximate surface area is 112 Å². The second-order valence-corrected chi connectivity index (χ2v) is 5.50. The Hall–Kier alpha value is -1.06. The smallest absolute Gasteiger partial charge is 0.251 e. The molecule has 1 aromatic carbocycles. The second-order valence-electron chi connectivity index (χ2n) is 5.06. The summed E-state index contributed by atoms with van der Waals surface area (Å²) < 4.78 is 0. The highest BCUT2D eigenvalue weighted by Gasteiger charge is 2.23. The molecule has 0 spiro atoms. The second kappa shape index (κ2) is 5.72. The number of aliphatic hydroxyl groups is 1. The standard InChI is InChI=1S/C14H18ClNO2/c1-9-4-11(7-12(15)5-9)14(18)16-8-10-2-3-13(17)6-10/h4-5,7,10,13,17H,2-3,6,8H2,1H3,(H,16,18). The summed E-state index contributed by atoms with van der Waals surface area (Å²) in [5, 5.41) is 12.9. The maximum Gasteiger partial charge on any atom is 0.251 e. The summed E-state index contributed by atoms with van der Waals surface area (Å²) in [6.45, 7) is 2.54. The van der Waals surface area contributed by atoms with Gasteiger partial charge in [0.25, 0.3) is 5.91 Å². The van der Waals surface area contributed by atoms with E-state index in [0.29, 0.717) is 23.0 Å². The van der Waals surface area contributed by atoms with Crippen LogP contribution < -0.4 is 5.32 Å². The third-order valence-corrected chi connectivity index (χ3v) is 3.59. The molecule has 0 saturated heterocycles. The zero-order chi connectivity index (χ0) is 13.1. The zero-order valence-corrected chi connectivity index (χ0v) is 11.2. The molecule has 3 nitrogen and oxygen atoms in total. The predicted octanol–water partition coefficient (Wildman–Crippen LogP) is 2.54. The van der Waals surface area contributed by atoms with Crippen molar-refractivity contribution in [1.29, 1.82) is 0 Å². The van der Waals surface area contributed by atoms with Gasteiger partial charge in [-0.3, -0.25) is 4.79 Å². The van der Waals surface area contributed by atoms with Gasteiger partial charge in [-0.1, -0.05) is 11.6 Å². The van der Waals surface area contributed by atoms with E-state index in [-0.39, 0.29) is 12.0 Å². The largest absolute Gasteiger partial charge is 0.393 e. The molecule has 4 heteroatoms. The fraction of sp³-hybridized carbons (Fsp3) is 0.500. The van der Waals surface area contributed by atoms with Gasteiger partial charge in [0, 0.05) is 17.1 Å². The number of carbonyl (C=O) groups excluding carboxylic acids is 1. The van der Waals surface area contributed by atoms with Crippen LogP contribution in [0.4, 0.5) is 0 Å². The lowest BCUT2D eigenvalue weighted by Crippen LogP contribution is -2.28. The molecule has 1 aromatic rings. The molecule has 1 aliphatic carbocycles. The minimum absolute atomic E-state index is 0.0954. The Balaban J connectivity index is 1.91. The average Bonchev–Trinajstić information content (AvgIpc) is 2.70. The van der Waals surface area contributed by atoms with Crippen molar-refractivity contribution < 1.29 is 9.90 Å². The van der Waals surface area contributed by atoms with Crippen molar-refractivity contribution in [3.63, 3.8) is 0 Å². The molecule has 1 fully saturated rings. The lowest BCUT2D eigenvalue weighted by Gasteiger charge is -2.11. The van der Waals surface area contributed by atoms with Gasteiger partial charge in [-0.05, 0) is 55.9 Å². The number of aliphatic hydroxyl groups excluding tert-OH is 1. The number of halogens is 1. The average molecular weight is 268 g/mol. The van der Waals surface area contributed by atoms with Crippen molar-refractivity contribution >= 4 is 17.5 Å². The van der Waals surface area contributed by atoms with Crippen molar-refractivity contribution in [2.75, 3.05) is 6.54 Å². The summed E-state index contributed by atoms with van der Waals surface area (Å²) in [6, 6.07) is 5.32. The number of rotatable bonds is 3. The van der Waals surface area contributed by atoms with Crippen LogP contribution in [0.1, 0.15) is 35.2 Å². The summed E-state index contributed by atoms with van der Waals surface area (Å²) in [6.07, 6.45) is 2.42. The topological polar surface area (TPSA) is 49.3 Å². The highest BCUT2D eigenvalue weighted by atomic mass is 35.5. The van der Waals surface area contributed by atoms with Crippen LogP contribution in [0.15, 0.2) is 18.2 Å². The van der Waals surface area contributed by atoms with Crippen LogP contribution in [-0.4, -0.2) is 23.7 Å². The van der Waals surface area contributed by atoms with Crippen molar-refractivity contribution in [2.24, 2.45) is 5.92 Å². The number of benzene rings is 1.